The summed E-state index contributed by atoms with van der Waals surface area (Å²) in [5, 5.41) is 8.89. The summed E-state index contributed by atoms with van der Waals surface area (Å²) >= 11 is 0. The molecule has 1 atom stereocenters. The number of esters is 1. The number of carbonyl (C=O) groups is 1. The number of benzene rings is 1. The van der Waals surface area contributed by atoms with E-state index in [-0.39, 0.29) is 5.97 Å². The number of carbonyl (C=O) groups excluding carboxylic acids is 1. The van der Waals surface area contributed by atoms with Crippen molar-refractivity contribution in [3.05, 3.63) is 29.8 Å². The summed E-state index contributed by atoms with van der Waals surface area (Å²) in [5.74, 6) is -0.321. The Morgan fingerprint density at radius 3 is 2.79 bits per heavy atom. The fourth-order valence-electron chi connectivity index (χ4n) is 2.56. The topological polar surface area (TPSA) is 53.3 Å². The second kappa shape index (κ2) is 6.24. The Balaban J connectivity index is 2.16. The molecule has 0 spiro atoms. The Morgan fingerprint density at radius 1 is 1.42 bits per heavy atom. The van der Waals surface area contributed by atoms with Crippen molar-refractivity contribution in [3.8, 4) is 6.07 Å². The van der Waals surface area contributed by atoms with Crippen molar-refractivity contribution in [2.75, 3.05) is 18.6 Å². The first-order valence-electron chi connectivity index (χ1n) is 6.58. The molecule has 1 aliphatic rings. The van der Waals surface area contributed by atoms with E-state index < -0.39 is 0 Å². The quantitative estimate of drug-likeness (QED) is 0.782. The van der Waals surface area contributed by atoms with Crippen LogP contribution in [0.25, 0.3) is 0 Å². The third kappa shape index (κ3) is 3.05. The maximum absolute atomic E-state index is 11.4. The van der Waals surface area contributed by atoms with Crippen molar-refractivity contribution in [3.63, 3.8) is 0 Å². The molecule has 0 radical (unpaired) electrons. The van der Waals surface area contributed by atoms with Gasteiger partial charge in [-0.25, -0.2) is 4.79 Å². The van der Waals surface area contributed by atoms with Crippen LogP contribution in [0.4, 0.5) is 5.69 Å². The highest BCUT2D eigenvalue weighted by Gasteiger charge is 2.22. The number of piperidine rings is 1. The van der Waals surface area contributed by atoms with E-state index in [2.05, 4.69) is 15.7 Å². The van der Waals surface area contributed by atoms with Gasteiger partial charge in [0.15, 0.2) is 0 Å². The lowest BCUT2D eigenvalue weighted by Gasteiger charge is -2.36. The number of methoxy groups -OCH3 is 1. The lowest BCUT2D eigenvalue weighted by atomic mass is 9.99. The highest BCUT2D eigenvalue weighted by molar-refractivity contribution is 5.89. The van der Waals surface area contributed by atoms with Crippen LogP contribution in [-0.4, -0.2) is 25.7 Å². The van der Waals surface area contributed by atoms with Crippen molar-refractivity contribution in [1.29, 1.82) is 5.26 Å². The molecule has 1 aromatic carbocycles. The van der Waals surface area contributed by atoms with E-state index in [9.17, 15) is 4.79 Å². The van der Waals surface area contributed by atoms with E-state index in [0.717, 1.165) is 25.1 Å². The molecule has 0 aromatic heterocycles. The molecular formula is C15H18N2O2. The second-order valence-corrected chi connectivity index (χ2v) is 4.74. The molecule has 1 saturated heterocycles. The molecule has 19 heavy (non-hydrogen) atoms. The highest BCUT2D eigenvalue weighted by Crippen LogP contribution is 2.26. The normalized spacial score (nSPS) is 18.7. The smallest absolute Gasteiger partial charge is 0.337 e. The Kier molecular flexibility index (Phi) is 4.40. The molecule has 0 amide bonds. The van der Waals surface area contributed by atoms with E-state index in [4.69, 9.17) is 5.26 Å². The first-order valence-corrected chi connectivity index (χ1v) is 6.58. The van der Waals surface area contributed by atoms with Gasteiger partial charge in [-0.1, -0.05) is 0 Å². The van der Waals surface area contributed by atoms with Crippen molar-refractivity contribution in [2.45, 2.75) is 31.7 Å². The molecule has 1 aliphatic heterocycles. The first kappa shape index (κ1) is 13.4. The van der Waals surface area contributed by atoms with E-state index in [1.165, 1.54) is 13.5 Å². The molecule has 100 valence electrons. The van der Waals surface area contributed by atoms with Gasteiger partial charge < -0.3 is 9.64 Å². The third-order valence-electron chi connectivity index (χ3n) is 3.57. The van der Waals surface area contributed by atoms with Gasteiger partial charge in [0, 0.05) is 18.3 Å². The molecule has 0 bridgehead atoms. The molecule has 2 rings (SSSR count). The van der Waals surface area contributed by atoms with Crippen molar-refractivity contribution in [1.82, 2.24) is 0 Å². The van der Waals surface area contributed by atoms with Gasteiger partial charge in [-0.3, -0.25) is 0 Å². The fraction of sp³-hybridized carbons (Fsp3) is 0.467. The number of rotatable bonds is 3. The van der Waals surface area contributed by atoms with Crippen LogP contribution in [0.5, 0.6) is 0 Å². The minimum absolute atomic E-state index is 0.294. The van der Waals surface area contributed by atoms with E-state index in [1.807, 2.05) is 12.1 Å². The largest absolute Gasteiger partial charge is 0.465 e. The van der Waals surface area contributed by atoms with Gasteiger partial charge in [0.25, 0.3) is 0 Å². The molecule has 1 unspecified atom stereocenters. The maximum Gasteiger partial charge on any atom is 0.337 e. The van der Waals surface area contributed by atoms with Gasteiger partial charge in [-0.2, -0.15) is 5.26 Å². The van der Waals surface area contributed by atoms with Crippen molar-refractivity contribution < 1.29 is 9.53 Å². The summed E-state index contributed by atoms with van der Waals surface area (Å²) in [6.07, 6.45) is 3.95. The Hall–Kier alpha value is -2.02. The summed E-state index contributed by atoms with van der Waals surface area (Å²) in [6, 6.07) is 9.97. The summed E-state index contributed by atoms with van der Waals surface area (Å²) in [4.78, 5) is 13.7. The molecule has 0 aliphatic carbocycles. The number of hydrogen-bond donors (Lipinski definition) is 0. The number of nitriles is 1. The lowest BCUT2D eigenvalue weighted by molar-refractivity contribution is 0.0601. The van der Waals surface area contributed by atoms with Gasteiger partial charge >= 0.3 is 5.97 Å². The number of anilines is 1. The van der Waals surface area contributed by atoms with E-state index in [0.29, 0.717) is 18.0 Å². The van der Waals surface area contributed by atoms with Gasteiger partial charge in [0.05, 0.1) is 25.2 Å². The van der Waals surface area contributed by atoms with E-state index >= 15 is 0 Å². The predicted octanol–water partition coefficient (Wildman–Crippen LogP) is 2.75. The molecule has 4 nitrogen and oxygen atoms in total. The summed E-state index contributed by atoms with van der Waals surface area (Å²) in [5.41, 5.74) is 1.63. The van der Waals surface area contributed by atoms with Crippen LogP contribution in [0.2, 0.25) is 0 Å². The average molecular weight is 258 g/mol. The van der Waals surface area contributed by atoms with Crippen molar-refractivity contribution >= 4 is 11.7 Å². The van der Waals surface area contributed by atoms with Gasteiger partial charge in [0.1, 0.15) is 0 Å². The molecule has 0 N–H and O–H groups in total. The van der Waals surface area contributed by atoms with Crippen LogP contribution in [0.1, 0.15) is 36.0 Å². The predicted molar refractivity (Wildman–Crippen MR) is 73.0 cm³/mol. The highest BCUT2D eigenvalue weighted by atomic mass is 16.5. The molecule has 1 heterocycles. The van der Waals surface area contributed by atoms with E-state index in [1.54, 1.807) is 12.1 Å². The van der Waals surface area contributed by atoms with Gasteiger partial charge in [0.2, 0.25) is 0 Å². The molecule has 4 heteroatoms. The zero-order valence-corrected chi connectivity index (χ0v) is 11.1. The molecular weight excluding hydrogens is 240 g/mol. The summed E-state index contributed by atoms with van der Waals surface area (Å²) in [7, 11) is 1.38. The number of nitrogens with zero attached hydrogens (tertiary/aromatic N) is 2. The Bertz CT molecular complexity index is 476. The van der Waals surface area contributed by atoms with Crippen LogP contribution in [0, 0.1) is 11.3 Å². The summed E-state index contributed by atoms with van der Waals surface area (Å²) in [6.45, 7) is 0.976. The molecule has 0 saturated carbocycles. The van der Waals surface area contributed by atoms with Crippen LogP contribution in [-0.2, 0) is 4.74 Å². The Labute approximate surface area is 113 Å². The third-order valence-corrected chi connectivity index (χ3v) is 3.57. The molecule has 1 fully saturated rings. The lowest BCUT2D eigenvalue weighted by Crippen LogP contribution is -2.39. The number of hydrogen-bond acceptors (Lipinski definition) is 4. The first-order chi connectivity index (χ1) is 9.26. The second-order valence-electron chi connectivity index (χ2n) is 4.74. The maximum atomic E-state index is 11.4. The zero-order chi connectivity index (χ0) is 13.7. The van der Waals surface area contributed by atoms with Crippen LogP contribution >= 0.6 is 0 Å². The zero-order valence-electron chi connectivity index (χ0n) is 11.1. The molecule has 1 aromatic rings. The van der Waals surface area contributed by atoms with Gasteiger partial charge in [-0.05, 0) is 43.5 Å². The minimum atomic E-state index is -0.321. The van der Waals surface area contributed by atoms with Gasteiger partial charge in [-0.15, -0.1) is 0 Å². The number of ether oxygens (including phenoxy) is 1. The van der Waals surface area contributed by atoms with Crippen molar-refractivity contribution in [2.24, 2.45) is 0 Å². The summed E-state index contributed by atoms with van der Waals surface area (Å²) < 4.78 is 4.69. The van der Waals surface area contributed by atoms with Crippen LogP contribution in [0.3, 0.4) is 0 Å². The standard InChI is InChI=1S/C15H18N2O2/c1-19-15(18)12-5-7-14(8-6-12)17-11-3-2-4-13(17)9-10-16/h5-8,13H,2-4,9,11H2,1H3. The average Bonchev–Trinajstić information content (AvgIpc) is 2.47. The fourth-order valence-corrected chi connectivity index (χ4v) is 2.56. The Morgan fingerprint density at radius 2 is 2.16 bits per heavy atom. The van der Waals surface area contributed by atoms with Crippen LogP contribution < -0.4 is 4.90 Å². The van der Waals surface area contributed by atoms with Crippen LogP contribution in [0.15, 0.2) is 24.3 Å². The minimum Gasteiger partial charge on any atom is -0.465 e. The monoisotopic (exact) mass is 258 g/mol. The SMILES string of the molecule is COC(=O)c1ccc(N2CCCCC2CC#N)cc1.